The van der Waals surface area contributed by atoms with Crippen LogP contribution in [0.3, 0.4) is 0 Å². The van der Waals surface area contributed by atoms with E-state index in [1.807, 2.05) is 48.5 Å². The molecule has 0 bridgehead atoms. The summed E-state index contributed by atoms with van der Waals surface area (Å²) < 4.78 is 2.11. The molecule has 0 radical (unpaired) electrons. The number of nitrogens with zero attached hydrogens (tertiary/aromatic N) is 3. The SMILES string of the molecule is Oc1ccc(N2C(=S)N[C@@H](c3ccccn3)[C@@H]2c2ccn(-c3ccccc3)c2)cc1. The van der Waals surface area contributed by atoms with Crippen LogP contribution in [0.25, 0.3) is 5.69 Å². The first-order valence-electron chi connectivity index (χ1n) is 9.74. The van der Waals surface area contributed by atoms with E-state index in [-0.39, 0.29) is 17.8 Å². The Morgan fingerprint density at radius 1 is 0.867 bits per heavy atom. The van der Waals surface area contributed by atoms with Crippen LogP contribution in [-0.2, 0) is 0 Å². The van der Waals surface area contributed by atoms with E-state index >= 15 is 0 Å². The molecule has 3 heterocycles. The molecule has 0 aliphatic carbocycles. The highest BCUT2D eigenvalue weighted by Crippen LogP contribution is 2.42. The fourth-order valence-corrected chi connectivity index (χ4v) is 4.28. The van der Waals surface area contributed by atoms with E-state index < -0.39 is 0 Å². The summed E-state index contributed by atoms with van der Waals surface area (Å²) in [5.74, 6) is 0.227. The Morgan fingerprint density at radius 2 is 1.63 bits per heavy atom. The summed E-state index contributed by atoms with van der Waals surface area (Å²) in [7, 11) is 0. The van der Waals surface area contributed by atoms with Gasteiger partial charge in [0.2, 0.25) is 0 Å². The van der Waals surface area contributed by atoms with Crippen molar-refractivity contribution in [1.82, 2.24) is 14.9 Å². The quantitative estimate of drug-likeness (QED) is 0.474. The van der Waals surface area contributed by atoms with E-state index in [2.05, 4.69) is 50.4 Å². The molecule has 0 saturated carbocycles. The Hall–Kier alpha value is -3.64. The minimum absolute atomic E-state index is 0.0816. The van der Waals surface area contributed by atoms with Gasteiger partial charge in [-0.05, 0) is 72.4 Å². The monoisotopic (exact) mass is 412 g/mol. The maximum atomic E-state index is 9.73. The Bertz CT molecular complexity index is 1160. The van der Waals surface area contributed by atoms with Gasteiger partial charge in [-0.25, -0.2) is 0 Å². The Balaban J connectivity index is 1.60. The molecule has 0 unspecified atom stereocenters. The van der Waals surface area contributed by atoms with Crippen LogP contribution < -0.4 is 10.2 Å². The van der Waals surface area contributed by atoms with Gasteiger partial charge in [-0.1, -0.05) is 24.3 Å². The van der Waals surface area contributed by atoms with E-state index in [0.717, 1.165) is 22.6 Å². The molecular formula is C24H20N4OS. The number of hydrogen-bond acceptors (Lipinski definition) is 3. The Morgan fingerprint density at radius 3 is 2.37 bits per heavy atom. The van der Waals surface area contributed by atoms with Gasteiger partial charge >= 0.3 is 0 Å². The number of nitrogens with one attached hydrogen (secondary N) is 1. The van der Waals surface area contributed by atoms with Crippen LogP contribution in [-0.4, -0.2) is 19.8 Å². The molecule has 1 saturated heterocycles. The van der Waals surface area contributed by atoms with Crippen molar-refractivity contribution in [3.8, 4) is 11.4 Å². The summed E-state index contributed by atoms with van der Waals surface area (Å²) in [4.78, 5) is 6.68. The van der Waals surface area contributed by atoms with Crippen LogP contribution in [0, 0.1) is 0 Å². The standard InChI is InChI=1S/C24H20N4OS/c29-20-11-9-19(10-12-20)28-23(22(26-24(28)30)21-8-4-5-14-25-21)17-13-15-27(16-17)18-6-2-1-3-7-18/h1-16,22-23,29H,(H,26,30)/t22-,23-/m0/s1. The van der Waals surface area contributed by atoms with Gasteiger partial charge in [0.15, 0.2) is 5.11 Å². The molecule has 5 nitrogen and oxygen atoms in total. The van der Waals surface area contributed by atoms with Crippen LogP contribution in [0.5, 0.6) is 5.75 Å². The van der Waals surface area contributed by atoms with Gasteiger partial charge in [0.25, 0.3) is 0 Å². The van der Waals surface area contributed by atoms with Crippen LogP contribution in [0.4, 0.5) is 5.69 Å². The summed E-state index contributed by atoms with van der Waals surface area (Å²) in [5, 5.41) is 13.8. The van der Waals surface area contributed by atoms with Crippen molar-refractivity contribution >= 4 is 23.0 Å². The molecule has 2 N–H and O–H groups in total. The van der Waals surface area contributed by atoms with Gasteiger partial charge in [-0.15, -0.1) is 0 Å². The second kappa shape index (κ2) is 7.65. The molecule has 2 atom stereocenters. The molecule has 1 aliphatic heterocycles. The summed E-state index contributed by atoms with van der Waals surface area (Å²) in [6.45, 7) is 0. The summed E-state index contributed by atoms with van der Waals surface area (Å²) in [5.41, 5.74) is 4.07. The van der Waals surface area contributed by atoms with E-state index in [1.54, 1.807) is 18.3 Å². The number of phenols is 1. The first kappa shape index (κ1) is 18.4. The number of anilines is 1. The van der Waals surface area contributed by atoms with Crippen molar-refractivity contribution in [2.75, 3.05) is 4.90 Å². The minimum atomic E-state index is -0.0980. The molecule has 2 aromatic carbocycles. The smallest absolute Gasteiger partial charge is 0.174 e. The second-order valence-corrected chi connectivity index (χ2v) is 7.59. The molecule has 1 aliphatic rings. The number of hydrogen-bond donors (Lipinski definition) is 2. The zero-order valence-electron chi connectivity index (χ0n) is 16.1. The molecule has 2 aromatic heterocycles. The first-order chi connectivity index (χ1) is 14.7. The number of para-hydroxylation sites is 1. The van der Waals surface area contributed by atoms with Crippen LogP contribution >= 0.6 is 12.2 Å². The third-order valence-corrected chi connectivity index (χ3v) is 5.65. The first-order valence-corrected chi connectivity index (χ1v) is 10.1. The summed E-state index contributed by atoms with van der Waals surface area (Å²) in [6.07, 6.45) is 6.00. The van der Waals surface area contributed by atoms with Crippen molar-refractivity contribution in [3.63, 3.8) is 0 Å². The molecule has 148 valence electrons. The molecule has 1 fully saturated rings. The largest absolute Gasteiger partial charge is 0.508 e. The zero-order valence-corrected chi connectivity index (χ0v) is 16.9. The van der Waals surface area contributed by atoms with Gasteiger partial charge in [-0.3, -0.25) is 4.98 Å². The van der Waals surface area contributed by atoms with Crippen LogP contribution in [0.1, 0.15) is 23.3 Å². The van der Waals surface area contributed by atoms with Gasteiger partial charge in [-0.2, -0.15) is 0 Å². The normalized spacial score (nSPS) is 18.4. The number of benzene rings is 2. The fourth-order valence-electron chi connectivity index (χ4n) is 3.93. The molecule has 0 spiro atoms. The average Bonchev–Trinajstić information content (AvgIpc) is 3.40. The third kappa shape index (κ3) is 3.31. The lowest BCUT2D eigenvalue weighted by molar-refractivity contribution is 0.475. The zero-order chi connectivity index (χ0) is 20.5. The highest BCUT2D eigenvalue weighted by Gasteiger charge is 2.41. The summed E-state index contributed by atoms with van der Waals surface area (Å²) >= 11 is 5.73. The minimum Gasteiger partial charge on any atom is -0.508 e. The predicted octanol–water partition coefficient (Wildman–Crippen LogP) is 4.76. The maximum absolute atomic E-state index is 9.73. The number of thiocarbonyl (C=S) groups is 1. The van der Waals surface area contributed by atoms with Crippen molar-refractivity contribution in [1.29, 1.82) is 0 Å². The van der Waals surface area contributed by atoms with E-state index in [4.69, 9.17) is 12.2 Å². The maximum Gasteiger partial charge on any atom is 0.174 e. The number of rotatable bonds is 4. The second-order valence-electron chi connectivity index (χ2n) is 7.20. The molecule has 6 heteroatoms. The van der Waals surface area contributed by atoms with Gasteiger partial charge in [0.05, 0.1) is 17.8 Å². The third-order valence-electron chi connectivity index (χ3n) is 5.34. The molecular weight excluding hydrogens is 392 g/mol. The van der Waals surface area contributed by atoms with Crippen molar-refractivity contribution in [2.24, 2.45) is 0 Å². The van der Waals surface area contributed by atoms with Gasteiger partial charge < -0.3 is 19.9 Å². The fraction of sp³-hybridized carbons (Fsp3) is 0.0833. The number of phenolic OH excluding ortho intramolecular Hbond substituents is 1. The van der Waals surface area contributed by atoms with Crippen molar-refractivity contribution in [2.45, 2.75) is 12.1 Å². The van der Waals surface area contributed by atoms with Crippen LogP contribution in [0.15, 0.2) is 97.5 Å². The van der Waals surface area contributed by atoms with Gasteiger partial charge in [0, 0.05) is 30.0 Å². The van der Waals surface area contributed by atoms with E-state index in [0.29, 0.717) is 5.11 Å². The number of aromatic hydroxyl groups is 1. The number of pyridine rings is 1. The molecule has 5 rings (SSSR count). The van der Waals surface area contributed by atoms with Crippen molar-refractivity contribution < 1.29 is 5.11 Å². The lowest BCUT2D eigenvalue weighted by Gasteiger charge is -2.27. The van der Waals surface area contributed by atoms with Crippen LogP contribution in [0.2, 0.25) is 0 Å². The van der Waals surface area contributed by atoms with E-state index in [9.17, 15) is 5.11 Å². The lowest BCUT2D eigenvalue weighted by atomic mass is 9.98. The molecule has 30 heavy (non-hydrogen) atoms. The predicted molar refractivity (Wildman–Crippen MR) is 122 cm³/mol. The van der Waals surface area contributed by atoms with Gasteiger partial charge in [0.1, 0.15) is 5.75 Å². The number of aromatic nitrogens is 2. The highest BCUT2D eigenvalue weighted by atomic mass is 32.1. The lowest BCUT2D eigenvalue weighted by Crippen LogP contribution is -2.29. The Labute approximate surface area is 180 Å². The highest BCUT2D eigenvalue weighted by molar-refractivity contribution is 7.80. The topological polar surface area (TPSA) is 53.3 Å². The summed E-state index contributed by atoms with van der Waals surface area (Å²) in [6, 6.07) is 25.2. The van der Waals surface area contributed by atoms with E-state index in [1.165, 1.54) is 0 Å². The average molecular weight is 413 g/mol. The Kier molecular flexibility index (Phi) is 4.69. The molecule has 4 aromatic rings. The molecule has 0 amide bonds. The van der Waals surface area contributed by atoms with Crippen molar-refractivity contribution in [3.05, 3.63) is 109 Å².